The Bertz CT molecular complexity index is 1310. The molecule has 0 atom stereocenters. The Hall–Kier alpha value is -3.86. The lowest BCUT2D eigenvalue weighted by Crippen LogP contribution is -2.07. The Morgan fingerprint density at radius 3 is 1.63 bits per heavy atom. The van der Waals surface area contributed by atoms with E-state index < -0.39 is 0 Å². The molecule has 2 aromatic heterocycles. The fourth-order valence-electron chi connectivity index (χ4n) is 4.45. The van der Waals surface area contributed by atoms with E-state index in [1.165, 1.54) is 21.9 Å². The Balaban J connectivity index is 1.77. The molecule has 3 aromatic carbocycles. The zero-order valence-corrected chi connectivity index (χ0v) is 16.8. The Morgan fingerprint density at radius 2 is 1.20 bits per heavy atom. The largest absolute Gasteiger partial charge is 0.357 e. The first-order valence-corrected chi connectivity index (χ1v) is 9.93. The first-order valence-electron chi connectivity index (χ1n) is 9.93. The number of para-hydroxylation sites is 2. The number of hydrogen-bond donors (Lipinski definition) is 2. The van der Waals surface area contributed by atoms with Gasteiger partial charge >= 0.3 is 0 Å². The van der Waals surface area contributed by atoms with Crippen LogP contribution in [0.15, 0.2) is 72.8 Å². The van der Waals surface area contributed by atoms with Crippen LogP contribution >= 0.6 is 0 Å². The molecule has 148 valence electrons. The number of rotatable bonds is 4. The molecule has 0 radical (unpaired) electrons. The number of H-pyrrole nitrogens is 2. The predicted octanol–water partition coefficient (Wildman–Crippen LogP) is 6.35. The highest BCUT2D eigenvalue weighted by Crippen LogP contribution is 2.39. The number of nitrogens with one attached hydrogen (secondary N) is 2. The topological polar surface area (TPSA) is 74.7 Å². The monoisotopic (exact) mass is 395 g/mol. The van der Waals surface area contributed by atoms with Crippen LogP contribution in [-0.4, -0.2) is 14.9 Å². The third kappa shape index (κ3) is 2.78. The molecule has 0 saturated heterocycles. The summed E-state index contributed by atoms with van der Waals surface area (Å²) in [6.45, 7) is 4.26. The van der Waals surface area contributed by atoms with Crippen LogP contribution in [0.3, 0.4) is 0 Å². The van der Waals surface area contributed by atoms with Crippen LogP contribution in [0, 0.1) is 24.0 Å². The van der Waals surface area contributed by atoms with E-state index in [1.54, 1.807) is 12.1 Å². The minimum absolute atomic E-state index is 0.0920. The first kappa shape index (κ1) is 18.2. The highest BCUT2D eigenvalue weighted by molar-refractivity contribution is 5.87. The van der Waals surface area contributed by atoms with Crippen molar-refractivity contribution >= 4 is 27.5 Å². The van der Waals surface area contributed by atoms with E-state index in [0.717, 1.165) is 28.0 Å². The van der Waals surface area contributed by atoms with E-state index in [9.17, 15) is 10.1 Å². The zero-order chi connectivity index (χ0) is 20.8. The quantitative estimate of drug-likeness (QED) is 0.275. The van der Waals surface area contributed by atoms with Crippen molar-refractivity contribution in [3.05, 3.63) is 111 Å². The van der Waals surface area contributed by atoms with E-state index in [2.05, 4.69) is 48.1 Å². The van der Waals surface area contributed by atoms with Crippen LogP contribution in [0.5, 0.6) is 0 Å². The van der Waals surface area contributed by atoms with Gasteiger partial charge in [-0.05, 0) is 42.7 Å². The first-order chi connectivity index (χ1) is 14.5. The summed E-state index contributed by atoms with van der Waals surface area (Å²) in [7, 11) is 0. The van der Waals surface area contributed by atoms with Crippen LogP contribution in [0.2, 0.25) is 0 Å². The molecular formula is C25H21N3O2. The maximum atomic E-state index is 11.2. The lowest BCUT2D eigenvalue weighted by Gasteiger charge is -2.18. The number of non-ortho nitro benzene ring substituents is 1. The van der Waals surface area contributed by atoms with Crippen molar-refractivity contribution in [1.29, 1.82) is 0 Å². The molecule has 0 spiro atoms. The molecule has 2 heterocycles. The standard InChI is InChI=1S/C25H21N3O2/c1-15-19-7-3-5-9-21(19)26-24(15)23(17-11-13-18(14-12-17)28(29)30)25-16(2)20-8-4-6-10-22(20)27-25/h3-14,23,26-27H,1-2H3. The molecule has 5 rings (SSSR count). The lowest BCUT2D eigenvalue weighted by molar-refractivity contribution is -0.384. The zero-order valence-electron chi connectivity index (χ0n) is 16.8. The van der Waals surface area contributed by atoms with Gasteiger partial charge in [-0.1, -0.05) is 48.5 Å². The fourth-order valence-corrected chi connectivity index (χ4v) is 4.45. The smallest absolute Gasteiger partial charge is 0.269 e. The normalized spacial score (nSPS) is 11.6. The van der Waals surface area contributed by atoms with Crippen molar-refractivity contribution in [3.63, 3.8) is 0 Å². The average molecular weight is 395 g/mol. The van der Waals surface area contributed by atoms with Crippen molar-refractivity contribution < 1.29 is 4.92 Å². The maximum Gasteiger partial charge on any atom is 0.269 e. The second kappa shape index (κ2) is 6.88. The van der Waals surface area contributed by atoms with Gasteiger partial charge in [-0.15, -0.1) is 0 Å². The average Bonchev–Trinajstić information content (AvgIpc) is 3.27. The molecule has 2 N–H and O–H groups in total. The summed E-state index contributed by atoms with van der Waals surface area (Å²) >= 11 is 0. The molecule has 0 bridgehead atoms. The van der Waals surface area contributed by atoms with Crippen LogP contribution < -0.4 is 0 Å². The van der Waals surface area contributed by atoms with Crippen molar-refractivity contribution in [1.82, 2.24) is 9.97 Å². The highest BCUT2D eigenvalue weighted by Gasteiger charge is 2.26. The second-order valence-corrected chi connectivity index (χ2v) is 7.70. The third-order valence-corrected chi connectivity index (χ3v) is 6.02. The van der Waals surface area contributed by atoms with Crippen molar-refractivity contribution in [2.45, 2.75) is 19.8 Å². The molecule has 0 saturated carbocycles. The number of nitrogens with zero attached hydrogens (tertiary/aromatic N) is 1. The van der Waals surface area contributed by atoms with Gasteiger partial charge in [-0.2, -0.15) is 0 Å². The molecule has 30 heavy (non-hydrogen) atoms. The van der Waals surface area contributed by atoms with Gasteiger partial charge in [0.2, 0.25) is 0 Å². The van der Waals surface area contributed by atoms with E-state index in [4.69, 9.17) is 0 Å². The molecule has 0 fully saturated rings. The van der Waals surface area contributed by atoms with Crippen LogP contribution in [-0.2, 0) is 0 Å². The van der Waals surface area contributed by atoms with Crippen LogP contribution in [0.1, 0.15) is 34.0 Å². The van der Waals surface area contributed by atoms with E-state index >= 15 is 0 Å². The highest BCUT2D eigenvalue weighted by atomic mass is 16.6. The minimum atomic E-state index is -0.360. The van der Waals surface area contributed by atoms with Gasteiger partial charge in [-0.25, -0.2) is 0 Å². The van der Waals surface area contributed by atoms with Gasteiger partial charge in [0, 0.05) is 45.3 Å². The lowest BCUT2D eigenvalue weighted by atomic mass is 9.88. The molecule has 0 aliphatic heterocycles. The molecule has 0 unspecified atom stereocenters. The number of fused-ring (bicyclic) bond motifs is 2. The summed E-state index contributed by atoms with van der Waals surface area (Å²) in [6.07, 6.45) is 0. The van der Waals surface area contributed by atoms with Gasteiger partial charge in [0.15, 0.2) is 0 Å². The van der Waals surface area contributed by atoms with Crippen molar-refractivity contribution in [2.75, 3.05) is 0 Å². The number of aryl methyl sites for hydroxylation is 2. The summed E-state index contributed by atoms with van der Waals surface area (Å²) in [5, 5.41) is 13.5. The Morgan fingerprint density at radius 1 is 0.733 bits per heavy atom. The number of nitro groups is 1. The third-order valence-electron chi connectivity index (χ3n) is 6.02. The minimum Gasteiger partial charge on any atom is -0.357 e. The van der Waals surface area contributed by atoms with Gasteiger partial charge < -0.3 is 9.97 Å². The number of benzene rings is 3. The molecule has 5 nitrogen and oxygen atoms in total. The molecule has 0 aliphatic rings. The number of nitro benzene ring substituents is 1. The van der Waals surface area contributed by atoms with Crippen molar-refractivity contribution in [2.24, 2.45) is 0 Å². The van der Waals surface area contributed by atoms with Crippen LogP contribution in [0.25, 0.3) is 21.8 Å². The van der Waals surface area contributed by atoms with Gasteiger partial charge in [0.1, 0.15) is 0 Å². The predicted molar refractivity (Wildman–Crippen MR) is 120 cm³/mol. The van der Waals surface area contributed by atoms with Gasteiger partial charge in [0.25, 0.3) is 5.69 Å². The molecular weight excluding hydrogens is 374 g/mol. The summed E-state index contributed by atoms with van der Waals surface area (Å²) in [6, 6.07) is 23.4. The maximum absolute atomic E-state index is 11.2. The fraction of sp³-hybridized carbons (Fsp3) is 0.120. The summed E-state index contributed by atoms with van der Waals surface area (Å²) in [5.41, 5.74) is 7.85. The molecule has 5 aromatic rings. The van der Waals surface area contributed by atoms with Crippen LogP contribution in [0.4, 0.5) is 5.69 Å². The summed E-state index contributed by atoms with van der Waals surface area (Å²) < 4.78 is 0. The van der Waals surface area contributed by atoms with E-state index in [0.29, 0.717) is 0 Å². The Labute approximate surface area is 173 Å². The van der Waals surface area contributed by atoms with Gasteiger partial charge in [0.05, 0.1) is 10.8 Å². The van der Waals surface area contributed by atoms with Gasteiger partial charge in [-0.3, -0.25) is 10.1 Å². The molecule has 0 amide bonds. The number of hydrogen-bond acceptors (Lipinski definition) is 2. The van der Waals surface area contributed by atoms with E-state index in [1.807, 2.05) is 36.4 Å². The summed E-state index contributed by atoms with van der Waals surface area (Å²) in [5.74, 6) is -0.0920. The Kier molecular flexibility index (Phi) is 4.17. The van der Waals surface area contributed by atoms with E-state index in [-0.39, 0.29) is 16.5 Å². The van der Waals surface area contributed by atoms with Crippen molar-refractivity contribution in [3.8, 4) is 0 Å². The number of aromatic nitrogens is 2. The second-order valence-electron chi connectivity index (χ2n) is 7.70. The molecule has 0 aliphatic carbocycles. The molecule has 5 heteroatoms. The number of aromatic amines is 2. The summed E-state index contributed by atoms with van der Waals surface area (Å²) in [4.78, 5) is 18.0. The SMILES string of the molecule is Cc1c(C(c2ccc([N+](=O)[O-])cc2)c2[nH]c3ccccc3c2C)[nH]c2ccccc12.